The largest absolute Gasteiger partial charge is 0.103 e. The minimum absolute atomic E-state index is 0.555. The number of rotatable bonds is 6. The molecule has 0 atom stereocenters. The average molecular weight is 238 g/mol. The Labute approximate surface area is 111 Å². The van der Waals surface area contributed by atoms with Gasteiger partial charge in [-0.1, -0.05) is 54.5 Å². The summed E-state index contributed by atoms with van der Waals surface area (Å²) in [6.45, 7) is 10.1. The van der Waals surface area contributed by atoms with Crippen LogP contribution in [0.25, 0.3) is 0 Å². The first-order valence-corrected chi connectivity index (χ1v) is 6.76. The van der Waals surface area contributed by atoms with Crippen LogP contribution in [0, 0.1) is 5.92 Å². The molecule has 0 aromatic heterocycles. The second-order valence-corrected chi connectivity index (χ2v) is 5.02. The maximum absolute atomic E-state index is 3.85. The van der Waals surface area contributed by atoms with E-state index in [-0.39, 0.29) is 0 Å². The molecule has 0 spiro atoms. The molecule has 0 aromatic carbocycles. The van der Waals surface area contributed by atoms with Crippen LogP contribution in [0.3, 0.4) is 0 Å². The van der Waals surface area contributed by atoms with Crippen LogP contribution in [0.15, 0.2) is 71.9 Å². The number of allylic oxidation sites excluding steroid dienone is 10. The van der Waals surface area contributed by atoms with Crippen molar-refractivity contribution in [3.8, 4) is 0 Å². The van der Waals surface area contributed by atoms with Crippen molar-refractivity contribution in [2.45, 2.75) is 32.6 Å². The van der Waals surface area contributed by atoms with Gasteiger partial charge >= 0.3 is 0 Å². The normalized spacial score (nSPS) is 18.3. The summed E-state index contributed by atoms with van der Waals surface area (Å²) in [5.41, 5.74) is 6.09. The van der Waals surface area contributed by atoms with Gasteiger partial charge in [0, 0.05) is 0 Å². The third-order valence-corrected chi connectivity index (χ3v) is 3.91. The fraction of sp³-hybridized carbons (Fsp3) is 0.333. The zero-order chi connectivity index (χ0) is 13.0. The molecule has 0 nitrogen and oxygen atoms in total. The van der Waals surface area contributed by atoms with Gasteiger partial charge in [-0.15, -0.1) is 13.2 Å². The summed E-state index contributed by atoms with van der Waals surface area (Å²) in [7, 11) is 0. The van der Waals surface area contributed by atoms with Gasteiger partial charge in [-0.3, -0.25) is 0 Å². The molecule has 2 rings (SSSR count). The Morgan fingerprint density at radius 2 is 1.44 bits per heavy atom. The summed E-state index contributed by atoms with van der Waals surface area (Å²) in [5, 5.41) is 0. The van der Waals surface area contributed by atoms with Gasteiger partial charge in [0.25, 0.3) is 0 Å². The number of hydrogen-bond acceptors (Lipinski definition) is 0. The number of hydrogen-bond donors (Lipinski definition) is 0. The van der Waals surface area contributed by atoms with Crippen molar-refractivity contribution >= 4 is 0 Å². The van der Waals surface area contributed by atoms with Crippen LogP contribution in [0.4, 0.5) is 0 Å². The highest BCUT2D eigenvalue weighted by Gasteiger charge is 2.21. The Bertz CT molecular complexity index is 422. The minimum Gasteiger partial charge on any atom is -0.103 e. The molecule has 0 amide bonds. The first-order valence-electron chi connectivity index (χ1n) is 6.76. The van der Waals surface area contributed by atoms with Crippen LogP contribution in [0.2, 0.25) is 0 Å². The molecule has 0 radical (unpaired) electrons. The Hall–Kier alpha value is -1.56. The molecule has 0 unspecified atom stereocenters. The smallest absolute Gasteiger partial charge is 0.000333 e. The van der Waals surface area contributed by atoms with E-state index in [4.69, 9.17) is 0 Å². The zero-order valence-corrected chi connectivity index (χ0v) is 11.3. The minimum atomic E-state index is 0.555. The summed E-state index contributed by atoms with van der Waals surface area (Å²) in [4.78, 5) is 0. The molecule has 18 heavy (non-hydrogen) atoms. The molecule has 0 N–H and O–H groups in total. The van der Waals surface area contributed by atoms with Gasteiger partial charge in [0.1, 0.15) is 0 Å². The van der Waals surface area contributed by atoms with Gasteiger partial charge in [-0.2, -0.15) is 0 Å². The van der Waals surface area contributed by atoms with Crippen LogP contribution in [-0.2, 0) is 0 Å². The van der Waals surface area contributed by atoms with E-state index >= 15 is 0 Å². The lowest BCUT2D eigenvalue weighted by molar-refractivity contribution is 0.748. The fourth-order valence-corrected chi connectivity index (χ4v) is 2.96. The Morgan fingerprint density at radius 3 is 1.83 bits per heavy atom. The molecule has 0 aliphatic heterocycles. The molecule has 0 bridgehead atoms. The molecular formula is C18H22. The van der Waals surface area contributed by atoms with Crippen molar-refractivity contribution in [3.63, 3.8) is 0 Å². The van der Waals surface area contributed by atoms with E-state index in [1.807, 2.05) is 12.2 Å². The summed E-state index contributed by atoms with van der Waals surface area (Å²) in [6, 6.07) is 0. The third kappa shape index (κ3) is 2.48. The second kappa shape index (κ2) is 5.86. The van der Waals surface area contributed by atoms with E-state index in [1.54, 1.807) is 11.1 Å². The summed E-state index contributed by atoms with van der Waals surface area (Å²) in [6.07, 6.45) is 17.3. The molecule has 2 aliphatic rings. The molecule has 2 aliphatic carbocycles. The van der Waals surface area contributed by atoms with Crippen LogP contribution in [-0.4, -0.2) is 0 Å². The summed E-state index contributed by atoms with van der Waals surface area (Å²) < 4.78 is 0. The molecular weight excluding hydrogens is 216 g/mol. The maximum atomic E-state index is 3.85. The first-order chi connectivity index (χ1) is 8.77. The maximum Gasteiger partial charge on any atom is -0.000333 e. The molecule has 0 fully saturated rings. The topological polar surface area (TPSA) is 0 Å². The average Bonchev–Trinajstić information content (AvgIpc) is 2.98. The quantitative estimate of drug-likeness (QED) is 0.552. The molecule has 0 saturated carbocycles. The lowest BCUT2D eigenvalue weighted by atomic mass is 9.86. The van der Waals surface area contributed by atoms with Gasteiger partial charge in [0.2, 0.25) is 0 Å². The zero-order valence-electron chi connectivity index (χ0n) is 11.3. The van der Waals surface area contributed by atoms with E-state index < -0.39 is 0 Å². The lowest BCUT2D eigenvalue weighted by Crippen LogP contribution is -2.04. The van der Waals surface area contributed by atoms with E-state index in [0.717, 1.165) is 25.7 Å². The SMILES string of the molecule is C=CCC1=C(C(C)C2=C(CC=C)C=CC2)CC=C1. The predicted octanol–water partition coefficient (Wildman–Crippen LogP) is 5.29. The van der Waals surface area contributed by atoms with Crippen LogP contribution in [0.1, 0.15) is 32.6 Å². The van der Waals surface area contributed by atoms with E-state index in [9.17, 15) is 0 Å². The van der Waals surface area contributed by atoms with Crippen molar-refractivity contribution in [1.82, 2.24) is 0 Å². The van der Waals surface area contributed by atoms with Crippen molar-refractivity contribution in [2.75, 3.05) is 0 Å². The molecule has 94 valence electrons. The van der Waals surface area contributed by atoms with Gasteiger partial charge in [0.15, 0.2) is 0 Å². The van der Waals surface area contributed by atoms with Crippen LogP contribution in [0.5, 0.6) is 0 Å². The van der Waals surface area contributed by atoms with Gasteiger partial charge < -0.3 is 0 Å². The van der Waals surface area contributed by atoms with Crippen molar-refractivity contribution in [2.24, 2.45) is 5.92 Å². The molecule has 0 heteroatoms. The van der Waals surface area contributed by atoms with Crippen molar-refractivity contribution in [3.05, 3.63) is 71.9 Å². The van der Waals surface area contributed by atoms with E-state index in [2.05, 4.69) is 44.4 Å². The lowest BCUT2D eigenvalue weighted by Gasteiger charge is -2.19. The predicted molar refractivity (Wildman–Crippen MR) is 80.4 cm³/mol. The monoisotopic (exact) mass is 238 g/mol. The van der Waals surface area contributed by atoms with Gasteiger partial charge in [0.05, 0.1) is 0 Å². The Morgan fingerprint density at radius 1 is 1.00 bits per heavy atom. The van der Waals surface area contributed by atoms with Gasteiger partial charge in [-0.05, 0) is 42.7 Å². The summed E-state index contributed by atoms with van der Waals surface area (Å²) in [5.74, 6) is 0.555. The van der Waals surface area contributed by atoms with Gasteiger partial charge in [-0.25, -0.2) is 0 Å². The van der Waals surface area contributed by atoms with Crippen LogP contribution >= 0.6 is 0 Å². The fourth-order valence-electron chi connectivity index (χ4n) is 2.96. The van der Waals surface area contributed by atoms with Crippen molar-refractivity contribution < 1.29 is 0 Å². The summed E-state index contributed by atoms with van der Waals surface area (Å²) >= 11 is 0. The first kappa shape index (κ1) is 12.9. The van der Waals surface area contributed by atoms with E-state index in [1.165, 1.54) is 11.1 Å². The molecule has 0 aromatic rings. The second-order valence-electron chi connectivity index (χ2n) is 5.02. The highest BCUT2D eigenvalue weighted by molar-refractivity contribution is 5.45. The Kier molecular flexibility index (Phi) is 4.19. The Balaban J connectivity index is 2.24. The third-order valence-electron chi connectivity index (χ3n) is 3.91. The highest BCUT2D eigenvalue weighted by Crippen LogP contribution is 2.37. The van der Waals surface area contributed by atoms with Crippen LogP contribution < -0.4 is 0 Å². The standard InChI is InChI=1S/C18H22/c1-4-8-15-10-6-12-17(15)14(3)18-13-7-11-16(18)9-5-2/h4-7,10-11,14H,1-2,8-9,12-13H2,3H3. The molecule has 0 heterocycles. The molecule has 0 saturated heterocycles. The highest BCUT2D eigenvalue weighted by atomic mass is 14.3. The van der Waals surface area contributed by atoms with E-state index in [0.29, 0.717) is 5.92 Å². The van der Waals surface area contributed by atoms with Crippen molar-refractivity contribution in [1.29, 1.82) is 0 Å².